The third-order valence-electron chi connectivity index (χ3n) is 5.48. The minimum Gasteiger partial charge on any atom is -0.372 e. The van der Waals surface area contributed by atoms with Gasteiger partial charge in [0.2, 0.25) is 5.91 Å². The van der Waals surface area contributed by atoms with Crippen LogP contribution in [-0.2, 0) is 25.7 Å². The van der Waals surface area contributed by atoms with Gasteiger partial charge in [-0.1, -0.05) is 12.1 Å². The van der Waals surface area contributed by atoms with Gasteiger partial charge in [0.05, 0.1) is 33.3 Å². The molecule has 13 heteroatoms. The number of halogens is 3. The van der Waals surface area contributed by atoms with Crippen molar-refractivity contribution in [3.05, 3.63) is 63.7 Å². The molecule has 1 heterocycles. The average molecular weight is 516 g/mol. The molecular formula is C22H24F3N3O6S. The number of hydrogen-bond donors (Lipinski definition) is 0. The number of carbonyl (C=O) groups is 1. The van der Waals surface area contributed by atoms with Gasteiger partial charge in [-0.05, 0) is 45.0 Å². The zero-order valence-electron chi connectivity index (χ0n) is 19.2. The van der Waals surface area contributed by atoms with E-state index in [2.05, 4.69) is 0 Å². The van der Waals surface area contributed by atoms with E-state index in [0.29, 0.717) is 10.4 Å². The van der Waals surface area contributed by atoms with Crippen molar-refractivity contribution < 1.29 is 36.0 Å². The molecule has 0 bridgehead atoms. The summed E-state index contributed by atoms with van der Waals surface area (Å²) in [5.41, 5.74) is -1.78. The van der Waals surface area contributed by atoms with Crippen LogP contribution in [0.15, 0.2) is 47.4 Å². The highest BCUT2D eigenvalue weighted by Gasteiger charge is 2.35. The van der Waals surface area contributed by atoms with Crippen LogP contribution in [-0.4, -0.2) is 56.0 Å². The number of morpholine rings is 1. The molecule has 190 valence electrons. The predicted molar refractivity (Wildman–Crippen MR) is 120 cm³/mol. The van der Waals surface area contributed by atoms with Crippen molar-refractivity contribution in [2.24, 2.45) is 0 Å². The molecule has 1 aliphatic heterocycles. The van der Waals surface area contributed by atoms with Crippen LogP contribution >= 0.6 is 0 Å². The molecule has 1 amide bonds. The van der Waals surface area contributed by atoms with Gasteiger partial charge in [-0.3, -0.25) is 19.2 Å². The molecule has 2 aromatic carbocycles. The highest BCUT2D eigenvalue weighted by molar-refractivity contribution is 7.92. The Bertz CT molecular complexity index is 1230. The number of sulfonamides is 1. The smallest absolute Gasteiger partial charge is 0.372 e. The Hall–Kier alpha value is -3.19. The SMILES string of the molecule is Cc1ccc(S(=O)(=O)N(CC(=O)N2CC(C)OC(C)C2)c2cccc(C(F)(F)F)c2)cc1[N+](=O)[O-]. The molecule has 2 atom stereocenters. The number of nitro benzene ring substituents is 1. The summed E-state index contributed by atoms with van der Waals surface area (Å²) in [4.78, 5) is 24.5. The number of benzene rings is 2. The molecule has 0 aliphatic carbocycles. The summed E-state index contributed by atoms with van der Waals surface area (Å²) in [6.45, 7) is 4.45. The maximum Gasteiger partial charge on any atom is 0.416 e. The van der Waals surface area contributed by atoms with Crippen molar-refractivity contribution in [2.45, 2.75) is 44.1 Å². The average Bonchev–Trinajstić information content (AvgIpc) is 2.76. The molecule has 2 aromatic rings. The van der Waals surface area contributed by atoms with Crippen LogP contribution < -0.4 is 4.31 Å². The second-order valence-corrected chi connectivity index (χ2v) is 10.2. The summed E-state index contributed by atoms with van der Waals surface area (Å²) < 4.78 is 73.3. The number of anilines is 1. The standard InChI is InChI=1S/C22H24F3N3O6S/c1-14-7-8-19(10-20(14)28(30)31)35(32,33)27(18-6-4-5-17(9-18)22(23,24)25)13-21(29)26-11-15(2)34-16(3)12-26/h4-10,15-16H,11-13H2,1-3H3. The Morgan fingerprint density at radius 2 is 1.80 bits per heavy atom. The molecule has 1 saturated heterocycles. The fourth-order valence-corrected chi connectivity index (χ4v) is 5.26. The van der Waals surface area contributed by atoms with Gasteiger partial charge in [-0.2, -0.15) is 13.2 Å². The van der Waals surface area contributed by atoms with Crippen molar-refractivity contribution in [1.29, 1.82) is 0 Å². The van der Waals surface area contributed by atoms with Gasteiger partial charge in [0, 0.05) is 24.7 Å². The van der Waals surface area contributed by atoms with E-state index in [0.717, 1.165) is 30.3 Å². The number of nitro groups is 1. The van der Waals surface area contributed by atoms with Crippen LogP contribution in [0, 0.1) is 17.0 Å². The minimum absolute atomic E-state index is 0.176. The van der Waals surface area contributed by atoms with E-state index in [-0.39, 0.29) is 30.9 Å². The first-order valence-electron chi connectivity index (χ1n) is 10.6. The van der Waals surface area contributed by atoms with Crippen LogP contribution in [0.3, 0.4) is 0 Å². The van der Waals surface area contributed by atoms with Gasteiger partial charge in [-0.15, -0.1) is 0 Å². The van der Waals surface area contributed by atoms with Crippen LogP contribution in [0.4, 0.5) is 24.5 Å². The van der Waals surface area contributed by atoms with E-state index in [4.69, 9.17) is 4.74 Å². The normalized spacial score (nSPS) is 18.9. The zero-order valence-corrected chi connectivity index (χ0v) is 20.0. The Morgan fingerprint density at radius 3 is 2.37 bits per heavy atom. The third-order valence-corrected chi connectivity index (χ3v) is 7.25. The summed E-state index contributed by atoms with van der Waals surface area (Å²) in [5, 5.41) is 11.3. The molecule has 1 fully saturated rings. The minimum atomic E-state index is -4.76. The predicted octanol–water partition coefficient (Wildman–Crippen LogP) is 3.75. The van der Waals surface area contributed by atoms with E-state index in [1.54, 1.807) is 13.8 Å². The molecule has 9 nitrogen and oxygen atoms in total. The number of ether oxygens (including phenoxy) is 1. The first-order chi connectivity index (χ1) is 16.2. The van der Waals surface area contributed by atoms with Crippen LogP contribution in [0.1, 0.15) is 25.0 Å². The summed E-state index contributed by atoms with van der Waals surface area (Å²) in [6.07, 6.45) is -5.39. The second kappa shape index (κ2) is 9.82. The van der Waals surface area contributed by atoms with Crippen LogP contribution in [0.5, 0.6) is 0 Å². The van der Waals surface area contributed by atoms with Gasteiger partial charge in [0.15, 0.2) is 0 Å². The summed E-state index contributed by atoms with van der Waals surface area (Å²) in [7, 11) is -4.67. The largest absolute Gasteiger partial charge is 0.416 e. The van der Waals surface area contributed by atoms with Crippen molar-refractivity contribution in [3.63, 3.8) is 0 Å². The molecule has 0 saturated carbocycles. The Kier molecular flexibility index (Phi) is 7.41. The maximum absolute atomic E-state index is 13.6. The van der Waals surface area contributed by atoms with E-state index < -0.39 is 55.4 Å². The third kappa shape index (κ3) is 5.90. The molecule has 0 spiro atoms. The van der Waals surface area contributed by atoms with Gasteiger partial charge in [0.25, 0.3) is 15.7 Å². The number of amides is 1. The second-order valence-electron chi connectivity index (χ2n) is 8.32. The molecule has 0 aromatic heterocycles. The first kappa shape index (κ1) is 26.4. The maximum atomic E-state index is 13.6. The number of nitrogens with zero attached hydrogens (tertiary/aromatic N) is 3. The van der Waals surface area contributed by atoms with Crippen molar-refractivity contribution in [3.8, 4) is 0 Å². The van der Waals surface area contributed by atoms with Gasteiger partial charge in [0.1, 0.15) is 6.54 Å². The molecule has 3 rings (SSSR count). The zero-order chi connectivity index (χ0) is 26.1. The highest BCUT2D eigenvalue weighted by Crippen LogP contribution is 2.34. The lowest BCUT2D eigenvalue weighted by atomic mass is 10.2. The van der Waals surface area contributed by atoms with E-state index in [1.807, 2.05) is 0 Å². The van der Waals surface area contributed by atoms with Gasteiger partial charge in [-0.25, -0.2) is 8.42 Å². The molecule has 2 unspecified atom stereocenters. The number of hydrogen-bond acceptors (Lipinski definition) is 6. The monoisotopic (exact) mass is 515 g/mol. The highest BCUT2D eigenvalue weighted by atomic mass is 32.2. The van der Waals surface area contributed by atoms with Gasteiger partial charge < -0.3 is 9.64 Å². The Balaban J connectivity index is 2.09. The quantitative estimate of drug-likeness (QED) is 0.428. The molecule has 0 radical (unpaired) electrons. The molecule has 1 aliphatic rings. The lowest BCUT2D eigenvalue weighted by Gasteiger charge is -2.36. The lowest BCUT2D eigenvalue weighted by Crippen LogP contribution is -2.51. The summed E-state index contributed by atoms with van der Waals surface area (Å²) in [6, 6.07) is 6.73. The topological polar surface area (TPSA) is 110 Å². The molecule has 0 N–H and O–H groups in total. The Morgan fingerprint density at radius 1 is 1.17 bits per heavy atom. The Labute approximate surface area is 200 Å². The number of rotatable bonds is 6. The van der Waals surface area contributed by atoms with Crippen molar-refractivity contribution in [2.75, 3.05) is 23.9 Å². The molecular weight excluding hydrogens is 491 g/mol. The number of carbonyl (C=O) groups excluding carboxylic acids is 1. The van der Waals surface area contributed by atoms with Crippen molar-refractivity contribution in [1.82, 2.24) is 4.90 Å². The van der Waals surface area contributed by atoms with E-state index in [9.17, 15) is 36.5 Å². The summed E-state index contributed by atoms with van der Waals surface area (Å²) in [5.74, 6) is -0.644. The van der Waals surface area contributed by atoms with E-state index >= 15 is 0 Å². The number of aryl methyl sites for hydroxylation is 1. The fourth-order valence-electron chi connectivity index (χ4n) is 3.83. The van der Waals surface area contributed by atoms with Crippen LogP contribution in [0.25, 0.3) is 0 Å². The molecule has 35 heavy (non-hydrogen) atoms. The van der Waals surface area contributed by atoms with Gasteiger partial charge >= 0.3 is 6.18 Å². The summed E-state index contributed by atoms with van der Waals surface area (Å²) >= 11 is 0. The van der Waals surface area contributed by atoms with E-state index in [1.165, 1.54) is 17.9 Å². The van der Waals surface area contributed by atoms with Crippen molar-refractivity contribution >= 4 is 27.3 Å². The fraction of sp³-hybridized carbons (Fsp3) is 0.409. The number of alkyl halides is 3. The lowest BCUT2D eigenvalue weighted by molar-refractivity contribution is -0.385. The first-order valence-corrected chi connectivity index (χ1v) is 12.0. The van der Waals surface area contributed by atoms with Crippen LogP contribution in [0.2, 0.25) is 0 Å².